The van der Waals surface area contributed by atoms with Crippen molar-refractivity contribution in [3.63, 3.8) is 0 Å². The second-order valence-corrected chi connectivity index (χ2v) is 16.1. The molecule has 0 N–H and O–H groups in total. The molecule has 1 aromatic heterocycles. The first kappa shape index (κ1) is 31.2. The van der Waals surface area contributed by atoms with Crippen LogP contribution >= 0.6 is 0 Å². The molecule has 9 aromatic rings. The van der Waals surface area contributed by atoms with E-state index in [0.717, 1.165) is 44.4 Å². The zero-order valence-corrected chi connectivity index (χ0v) is 30.9. The van der Waals surface area contributed by atoms with Crippen LogP contribution in [0.2, 0.25) is 0 Å². The minimum atomic E-state index is -0.130. The summed E-state index contributed by atoms with van der Waals surface area (Å²) in [6, 6.07) is 60.3. The summed E-state index contributed by atoms with van der Waals surface area (Å²) in [6.45, 7) is 9.41. The summed E-state index contributed by atoms with van der Waals surface area (Å²) in [7, 11) is 0. The Kier molecular flexibility index (Phi) is 6.39. The maximum absolute atomic E-state index is 7.03. The van der Waals surface area contributed by atoms with Gasteiger partial charge in [0, 0.05) is 38.2 Å². The number of anilines is 3. The fraction of sp³-hybridized carbons (Fsp3) is 0.115. The summed E-state index contributed by atoms with van der Waals surface area (Å²) in [5.74, 6) is 0. The van der Waals surface area contributed by atoms with Gasteiger partial charge in [-0.25, -0.2) is 0 Å². The van der Waals surface area contributed by atoms with Gasteiger partial charge in [0.15, 0.2) is 5.58 Å². The molecule has 0 aliphatic heterocycles. The van der Waals surface area contributed by atoms with Crippen LogP contribution in [0.4, 0.5) is 17.1 Å². The van der Waals surface area contributed by atoms with Gasteiger partial charge in [0.2, 0.25) is 0 Å². The largest absolute Gasteiger partial charge is 0.453 e. The highest BCUT2D eigenvalue weighted by molar-refractivity contribution is 6.18. The summed E-state index contributed by atoms with van der Waals surface area (Å²) in [4.78, 5) is 2.45. The van der Waals surface area contributed by atoms with E-state index in [2.05, 4.69) is 196 Å². The van der Waals surface area contributed by atoms with Crippen molar-refractivity contribution in [1.29, 1.82) is 0 Å². The Balaban J connectivity index is 1.16. The van der Waals surface area contributed by atoms with E-state index in [1.54, 1.807) is 0 Å². The van der Waals surface area contributed by atoms with Gasteiger partial charge in [0.25, 0.3) is 0 Å². The average Bonchev–Trinajstić information content (AvgIpc) is 3.79. The summed E-state index contributed by atoms with van der Waals surface area (Å²) in [5, 5.41) is 4.55. The third kappa shape index (κ3) is 4.23. The van der Waals surface area contributed by atoms with Gasteiger partial charge in [-0.15, -0.1) is 0 Å². The lowest BCUT2D eigenvalue weighted by Crippen LogP contribution is -2.16. The minimum Gasteiger partial charge on any atom is -0.453 e. The molecule has 54 heavy (non-hydrogen) atoms. The van der Waals surface area contributed by atoms with Gasteiger partial charge in [-0.1, -0.05) is 155 Å². The molecule has 1 heterocycles. The van der Waals surface area contributed by atoms with E-state index in [9.17, 15) is 0 Å². The normalized spacial score (nSPS) is 14.6. The van der Waals surface area contributed by atoms with Crippen LogP contribution in [0.25, 0.3) is 66.1 Å². The molecule has 0 atom stereocenters. The lowest BCUT2D eigenvalue weighted by molar-refractivity contribution is 0.660. The Morgan fingerprint density at radius 3 is 1.89 bits per heavy atom. The maximum atomic E-state index is 7.03. The fourth-order valence-electron chi connectivity index (χ4n) is 9.73. The Hall–Kier alpha value is -6.38. The van der Waals surface area contributed by atoms with Crippen LogP contribution in [0.15, 0.2) is 168 Å². The highest BCUT2D eigenvalue weighted by Crippen LogP contribution is 2.55. The molecule has 0 spiro atoms. The molecule has 0 amide bonds. The van der Waals surface area contributed by atoms with Crippen molar-refractivity contribution in [2.24, 2.45) is 0 Å². The van der Waals surface area contributed by atoms with E-state index in [4.69, 9.17) is 4.42 Å². The third-order valence-electron chi connectivity index (χ3n) is 12.5. The standard InChI is InChI=1S/C52H39NO/c1-51(2)43-22-10-8-19-41(43)48-44(51)23-13-24-46(48)53(47-25-12-20-39-40-29-26-32-14-5-6-17-36(32)49(40)54-50(39)47)35-16-11-15-33(30-35)34-27-28-38-37-18-7-9-21-42(37)52(3,4)45(38)31-34/h5-31H,1-4H3. The molecule has 2 nitrogen and oxygen atoms in total. The summed E-state index contributed by atoms with van der Waals surface area (Å²) in [6.07, 6.45) is 0. The van der Waals surface area contributed by atoms with Gasteiger partial charge < -0.3 is 9.32 Å². The lowest BCUT2D eigenvalue weighted by atomic mass is 9.81. The molecule has 0 radical (unpaired) electrons. The van der Waals surface area contributed by atoms with E-state index in [0.29, 0.717) is 0 Å². The second kappa shape index (κ2) is 11.1. The fourth-order valence-corrected chi connectivity index (χ4v) is 9.73. The van der Waals surface area contributed by atoms with Crippen LogP contribution < -0.4 is 4.90 Å². The Morgan fingerprint density at radius 2 is 1.02 bits per heavy atom. The van der Waals surface area contributed by atoms with Crippen LogP contribution in [-0.4, -0.2) is 0 Å². The van der Waals surface area contributed by atoms with Crippen molar-refractivity contribution in [2.45, 2.75) is 38.5 Å². The van der Waals surface area contributed by atoms with Crippen molar-refractivity contribution in [1.82, 2.24) is 0 Å². The van der Waals surface area contributed by atoms with Crippen molar-refractivity contribution >= 4 is 49.8 Å². The van der Waals surface area contributed by atoms with Crippen LogP contribution in [-0.2, 0) is 10.8 Å². The zero-order valence-electron chi connectivity index (χ0n) is 30.9. The highest BCUT2D eigenvalue weighted by Gasteiger charge is 2.38. The van der Waals surface area contributed by atoms with Crippen LogP contribution in [0, 0.1) is 0 Å². The van der Waals surface area contributed by atoms with E-state index < -0.39 is 0 Å². The number of fused-ring (bicyclic) bond motifs is 11. The summed E-state index contributed by atoms with van der Waals surface area (Å²) in [5.41, 5.74) is 18.0. The Morgan fingerprint density at radius 1 is 0.407 bits per heavy atom. The third-order valence-corrected chi connectivity index (χ3v) is 12.5. The molecule has 0 saturated carbocycles. The summed E-state index contributed by atoms with van der Waals surface area (Å²) < 4.78 is 7.03. The molecular formula is C52H39NO. The lowest BCUT2D eigenvalue weighted by Gasteiger charge is -2.29. The van der Waals surface area contributed by atoms with E-state index >= 15 is 0 Å². The number of para-hydroxylation sites is 1. The molecule has 258 valence electrons. The van der Waals surface area contributed by atoms with Gasteiger partial charge in [0.1, 0.15) is 5.58 Å². The summed E-state index contributed by atoms with van der Waals surface area (Å²) >= 11 is 0. The quantitative estimate of drug-likeness (QED) is 0.182. The van der Waals surface area contributed by atoms with Crippen molar-refractivity contribution < 1.29 is 4.42 Å². The Bertz CT molecular complexity index is 3010. The maximum Gasteiger partial charge on any atom is 0.159 e. The Labute approximate surface area is 315 Å². The van der Waals surface area contributed by atoms with Gasteiger partial charge in [-0.05, 0) is 91.9 Å². The molecular weight excluding hydrogens is 655 g/mol. The van der Waals surface area contributed by atoms with Gasteiger partial charge in [-0.3, -0.25) is 0 Å². The van der Waals surface area contributed by atoms with Gasteiger partial charge in [0.05, 0.1) is 11.4 Å². The highest BCUT2D eigenvalue weighted by atomic mass is 16.3. The van der Waals surface area contributed by atoms with Crippen molar-refractivity contribution in [3.05, 3.63) is 186 Å². The second-order valence-electron chi connectivity index (χ2n) is 16.1. The van der Waals surface area contributed by atoms with Crippen molar-refractivity contribution in [2.75, 3.05) is 4.90 Å². The molecule has 11 rings (SSSR count). The number of rotatable bonds is 4. The molecule has 0 saturated heterocycles. The molecule has 8 aromatic carbocycles. The molecule has 0 unspecified atom stereocenters. The van der Waals surface area contributed by atoms with Crippen LogP contribution in [0.1, 0.15) is 49.9 Å². The predicted molar refractivity (Wildman–Crippen MR) is 226 cm³/mol. The first-order valence-electron chi connectivity index (χ1n) is 19.0. The number of hydrogen-bond acceptors (Lipinski definition) is 2. The van der Waals surface area contributed by atoms with E-state index in [1.165, 1.54) is 61.0 Å². The SMILES string of the molecule is CC1(C)c2ccccc2-c2ccc(-c3cccc(N(c4cccc5c4-c4ccccc4C5(C)C)c4cccc5c4oc4c6ccccc6ccc54)c3)cc21. The first-order chi connectivity index (χ1) is 26.3. The minimum absolute atomic E-state index is 0.0719. The van der Waals surface area contributed by atoms with Gasteiger partial charge >= 0.3 is 0 Å². The van der Waals surface area contributed by atoms with Gasteiger partial charge in [-0.2, -0.15) is 0 Å². The van der Waals surface area contributed by atoms with Crippen LogP contribution in [0.5, 0.6) is 0 Å². The van der Waals surface area contributed by atoms with E-state index in [1.807, 2.05) is 0 Å². The predicted octanol–water partition coefficient (Wildman–Crippen LogP) is 14.5. The molecule has 0 bridgehead atoms. The molecule has 2 heteroatoms. The van der Waals surface area contributed by atoms with Crippen LogP contribution in [0.3, 0.4) is 0 Å². The molecule has 2 aliphatic carbocycles. The number of hydrogen-bond donors (Lipinski definition) is 0. The number of benzene rings is 8. The topological polar surface area (TPSA) is 16.4 Å². The monoisotopic (exact) mass is 693 g/mol. The smallest absolute Gasteiger partial charge is 0.159 e. The number of nitrogens with zero attached hydrogens (tertiary/aromatic N) is 1. The number of furan rings is 1. The average molecular weight is 694 g/mol. The first-order valence-corrected chi connectivity index (χ1v) is 19.0. The van der Waals surface area contributed by atoms with Crippen molar-refractivity contribution in [3.8, 4) is 33.4 Å². The zero-order chi connectivity index (χ0) is 36.3. The molecule has 2 aliphatic rings. The van der Waals surface area contributed by atoms with E-state index in [-0.39, 0.29) is 10.8 Å². The molecule has 0 fully saturated rings.